The molecule has 43 heavy (non-hydrogen) atoms. The summed E-state index contributed by atoms with van der Waals surface area (Å²) in [6, 6.07) is 37.8. The molecule has 0 bridgehead atoms. The summed E-state index contributed by atoms with van der Waals surface area (Å²) in [5.41, 5.74) is 5.02. The number of amides is 2. The number of carbonyl (C=O) groups excluding carboxylic acids is 2. The molecule has 0 radical (unpaired) electrons. The van der Waals surface area contributed by atoms with Crippen LogP contribution in [-0.2, 0) is 17.6 Å². The Hall–Kier alpha value is -4.22. The van der Waals surface area contributed by atoms with Crippen molar-refractivity contribution >= 4 is 11.8 Å². The lowest BCUT2D eigenvalue weighted by Crippen LogP contribution is -2.47. The molecule has 5 nitrogen and oxygen atoms in total. The van der Waals surface area contributed by atoms with E-state index in [0.29, 0.717) is 18.5 Å². The molecule has 1 aliphatic heterocycles. The SMILES string of the molecule is O=C(N[C@@H](CCCN1CCC(Cc2ccccc2)CC1)C(=O)NCCc1ccccc1)c1ccccc1-c1ccccc1. The first-order chi connectivity index (χ1) is 21.2. The summed E-state index contributed by atoms with van der Waals surface area (Å²) in [4.78, 5) is 29.5. The minimum atomic E-state index is -0.595. The number of likely N-dealkylation sites (tertiary alicyclic amines) is 1. The van der Waals surface area contributed by atoms with Gasteiger partial charge >= 0.3 is 0 Å². The van der Waals surface area contributed by atoms with Gasteiger partial charge in [0.2, 0.25) is 5.91 Å². The predicted octanol–water partition coefficient (Wildman–Crippen LogP) is 6.55. The van der Waals surface area contributed by atoms with Crippen LogP contribution in [0.3, 0.4) is 0 Å². The zero-order valence-corrected chi connectivity index (χ0v) is 25.0. The van der Waals surface area contributed by atoms with E-state index in [9.17, 15) is 9.59 Å². The first-order valence-electron chi connectivity index (χ1n) is 15.7. The van der Waals surface area contributed by atoms with Crippen LogP contribution < -0.4 is 10.6 Å². The summed E-state index contributed by atoms with van der Waals surface area (Å²) in [5.74, 6) is 0.387. The third kappa shape index (κ3) is 9.13. The Kier molecular flexibility index (Phi) is 11.2. The Labute approximate surface area is 256 Å². The number of hydrogen-bond acceptors (Lipinski definition) is 3. The fourth-order valence-electron chi connectivity index (χ4n) is 6.03. The molecule has 2 N–H and O–H groups in total. The molecule has 0 spiro atoms. The van der Waals surface area contributed by atoms with Gasteiger partial charge in [0.25, 0.3) is 5.91 Å². The van der Waals surface area contributed by atoms with Crippen LogP contribution in [0.1, 0.15) is 47.2 Å². The average Bonchev–Trinajstić information content (AvgIpc) is 3.06. The van der Waals surface area contributed by atoms with Crippen molar-refractivity contribution in [3.8, 4) is 11.1 Å². The van der Waals surface area contributed by atoms with Crippen LogP contribution in [-0.4, -0.2) is 48.9 Å². The summed E-state index contributed by atoms with van der Waals surface area (Å²) < 4.78 is 0. The van der Waals surface area contributed by atoms with Crippen molar-refractivity contribution in [3.63, 3.8) is 0 Å². The highest BCUT2D eigenvalue weighted by Crippen LogP contribution is 2.24. The Balaban J connectivity index is 1.18. The van der Waals surface area contributed by atoms with Crippen molar-refractivity contribution in [2.75, 3.05) is 26.2 Å². The lowest BCUT2D eigenvalue weighted by Gasteiger charge is -2.32. The minimum Gasteiger partial charge on any atom is -0.354 e. The van der Waals surface area contributed by atoms with Gasteiger partial charge in [-0.25, -0.2) is 0 Å². The highest BCUT2D eigenvalue weighted by atomic mass is 16.2. The molecule has 0 aromatic heterocycles. The van der Waals surface area contributed by atoms with Crippen LogP contribution in [0, 0.1) is 5.92 Å². The fraction of sp³-hybridized carbons (Fsp3) is 0.316. The number of carbonyl (C=O) groups is 2. The Morgan fingerprint density at radius 2 is 1.35 bits per heavy atom. The molecule has 1 heterocycles. The van der Waals surface area contributed by atoms with Crippen molar-refractivity contribution in [2.24, 2.45) is 5.92 Å². The van der Waals surface area contributed by atoms with E-state index in [1.807, 2.05) is 72.8 Å². The molecule has 4 aromatic carbocycles. The van der Waals surface area contributed by atoms with Gasteiger partial charge in [0.1, 0.15) is 6.04 Å². The van der Waals surface area contributed by atoms with Crippen molar-refractivity contribution in [1.82, 2.24) is 15.5 Å². The van der Waals surface area contributed by atoms with Crippen molar-refractivity contribution in [1.29, 1.82) is 0 Å². The van der Waals surface area contributed by atoms with Crippen LogP contribution in [0.5, 0.6) is 0 Å². The quantitative estimate of drug-likeness (QED) is 0.191. The molecule has 222 valence electrons. The van der Waals surface area contributed by atoms with Crippen LogP contribution in [0.4, 0.5) is 0 Å². The maximum atomic E-state index is 13.6. The molecule has 5 heteroatoms. The van der Waals surface area contributed by atoms with Crippen molar-refractivity contribution in [2.45, 2.75) is 44.6 Å². The van der Waals surface area contributed by atoms with Crippen molar-refractivity contribution < 1.29 is 9.59 Å². The highest BCUT2D eigenvalue weighted by Gasteiger charge is 2.24. The summed E-state index contributed by atoms with van der Waals surface area (Å²) in [5, 5.41) is 6.18. The fourth-order valence-corrected chi connectivity index (χ4v) is 6.03. The van der Waals surface area contributed by atoms with Crippen LogP contribution in [0.15, 0.2) is 115 Å². The number of hydrogen-bond donors (Lipinski definition) is 2. The number of piperidine rings is 1. The first-order valence-corrected chi connectivity index (χ1v) is 15.7. The van der Waals surface area contributed by atoms with E-state index in [-0.39, 0.29) is 11.8 Å². The van der Waals surface area contributed by atoms with Gasteiger partial charge in [0, 0.05) is 12.1 Å². The average molecular weight is 574 g/mol. The number of benzene rings is 4. The number of rotatable bonds is 13. The number of nitrogens with zero attached hydrogens (tertiary/aromatic N) is 1. The van der Waals surface area contributed by atoms with E-state index in [1.165, 1.54) is 24.0 Å². The molecule has 4 aromatic rings. The molecule has 1 atom stereocenters. The number of nitrogens with one attached hydrogen (secondary N) is 2. The minimum absolute atomic E-state index is 0.122. The van der Waals surface area contributed by atoms with E-state index < -0.39 is 6.04 Å². The van der Waals surface area contributed by atoms with Gasteiger partial charge in [-0.2, -0.15) is 0 Å². The normalized spacial score (nSPS) is 14.6. The smallest absolute Gasteiger partial charge is 0.252 e. The Bertz CT molecular complexity index is 1420. The molecule has 0 aliphatic carbocycles. The van der Waals surface area contributed by atoms with E-state index >= 15 is 0 Å². The third-order valence-corrected chi connectivity index (χ3v) is 8.48. The second-order valence-corrected chi connectivity index (χ2v) is 11.6. The van der Waals surface area contributed by atoms with Crippen molar-refractivity contribution in [3.05, 3.63) is 132 Å². The van der Waals surface area contributed by atoms with Gasteiger partial charge in [0.05, 0.1) is 0 Å². The maximum Gasteiger partial charge on any atom is 0.252 e. The molecule has 1 aliphatic rings. The predicted molar refractivity (Wildman–Crippen MR) is 175 cm³/mol. The van der Waals surface area contributed by atoms with Gasteiger partial charge in [0.15, 0.2) is 0 Å². The lowest BCUT2D eigenvalue weighted by molar-refractivity contribution is -0.123. The zero-order chi connectivity index (χ0) is 29.7. The Morgan fingerprint density at radius 1 is 0.744 bits per heavy atom. The lowest BCUT2D eigenvalue weighted by atomic mass is 9.90. The molecular weight excluding hydrogens is 530 g/mol. The topological polar surface area (TPSA) is 61.4 Å². The summed E-state index contributed by atoms with van der Waals surface area (Å²) >= 11 is 0. The van der Waals surface area contributed by atoms with Crippen LogP contribution in [0.25, 0.3) is 11.1 Å². The molecule has 2 amide bonds. The van der Waals surface area contributed by atoms with Crippen LogP contribution in [0.2, 0.25) is 0 Å². The third-order valence-electron chi connectivity index (χ3n) is 8.48. The van der Waals surface area contributed by atoms with E-state index in [4.69, 9.17) is 0 Å². The van der Waals surface area contributed by atoms with Gasteiger partial charge < -0.3 is 15.5 Å². The molecule has 5 rings (SSSR count). The summed E-state index contributed by atoms with van der Waals surface area (Å²) in [7, 11) is 0. The largest absolute Gasteiger partial charge is 0.354 e. The van der Waals surface area contributed by atoms with Gasteiger partial charge in [-0.3, -0.25) is 9.59 Å². The monoisotopic (exact) mass is 573 g/mol. The van der Waals surface area contributed by atoms with Crippen LogP contribution >= 0.6 is 0 Å². The first kappa shape index (κ1) is 30.2. The highest BCUT2D eigenvalue weighted by molar-refractivity contribution is 6.02. The van der Waals surface area contributed by atoms with E-state index in [1.54, 1.807) is 0 Å². The van der Waals surface area contributed by atoms with E-state index in [2.05, 4.69) is 58.0 Å². The molecular formula is C38H43N3O2. The Morgan fingerprint density at radius 3 is 2.05 bits per heavy atom. The van der Waals surface area contributed by atoms with Gasteiger partial charge in [-0.05, 0) is 92.4 Å². The van der Waals surface area contributed by atoms with E-state index in [0.717, 1.165) is 55.9 Å². The van der Waals surface area contributed by atoms with Gasteiger partial charge in [-0.15, -0.1) is 0 Å². The molecule has 1 fully saturated rings. The molecule has 1 saturated heterocycles. The molecule has 0 unspecified atom stereocenters. The second-order valence-electron chi connectivity index (χ2n) is 11.6. The maximum absolute atomic E-state index is 13.6. The second kappa shape index (κ2) is 15.9. The summed E-state index contributed by atoms with van der Waals surface area (Å²) in [6.45, 7) is 3.64. The summed E-state index contributed by atoms with van der Waals surface area (Å²) in [6.07, 6.45) is 5.75. The van der Waals surface area contributed by atoms with Gasteiger partial charge in [-0.1, -0.05) is 109 Å². The molecule has 0 saturated carbocycles. The standard InChI is InChI=1S/C38H43N3O2/c42-37(35-20-11-10-19-34(35)33-17-8-3-9-18-33)40-36(38(43)39-25-22-30-13-4-1-5-14-30)21-12-26-41-27-23-32(24-28-41)29-31-15-6-2-7-16-31/h1-11,13-20,32,36H,12,21-29H2,(H,39,43)(H,40,42)/t36-/m0/s1. The zero-order valence-electron chi connectivity index (χ0n) is 25.0.